The molecular weight excluding hydrogens is 309 g/mol. The van der Waals surface area contributed by atoms with Crippen LogP contribution in [0.2, 0.25) is 0 Å². The number of halogens is 2. The van der Waals surface area contributed by atoms with Crippen LogP contribution in [-0.4, -0.2) is 13.7 Å². The Bertz CT molecular complexity index is 512. The van der Waals surface area contributed by atoms with Gasteiger partial charge in [0.15, 0.2) is 0 Å². The maximum atomic E-state index is 12.9. The van der Waals surface area contributed by atoms with Crippen LogP contribution in [0.3, 0.4) is 0 Å². The summed E-state index contributed by atoms with van der Waals surface area (Å²) in [7, 11) is -3.35. The molecule has 0 spiro atoms. The normalized spacial score (nSPS) is 17.3. The van der Waals surface area contributed by atoms with Gasteiger partial charge < -0.3 is 0 Å². The van der Waals surface area contributed by atoms with Crippen LogP contribution in [0.1, 0.15) is 25.7 Å². The van der Waals surface area contributed by atoms with Crippen molar-refractivity contribution in [1.82, 2.24) is 0 Å². The van der Waals surface area contributed by atoms with Crippen molar-refractivity contribution < 1.29 is 12.8 Å². The van der Waals surface area contributed by atoms with Crippen LogP contribution in [0.25, 0.3) is 0 Å². The third kappa shape index (κ3) is 2.98. The molecule has 17 heavy (non-hydrogen) atoms. The number of hydrogen-bond donors (Lipinski definition) is 1. The number of nitrogens with one attached hydrogen (secondary N) is 1. The highest BCUT2D eigenvalue weighted by molar-refractivity contribution is 9.10. The van der Waals surface area contributed by atoms with Crippen LogP contribution in [0.15, 0.2) is 22.7 Å². The zero-order chi connectivity index (χ0) is 12.5. The summed E-state index contributed by atoms with van der Waals surface area (Å²) in [6, 6.07) is 3.90. The average molecular weight is 322 g/mol. The van der Waals surface area contributed by atoms with Gasteiger partial charge in [-0.25, -0.2) is 12.8 Å². The predicted molar refractivity (Wildman–Crippen MR) is 68.9 cm³/mol. The molecule has 0 radical (unpaired) electrons. The fourth-order valence-corrected chi connectivity index (χ4v) is 4.19. The van der Waals surface area contributed by atoms with E-state index < -0.39 is 15.8 Å². The average Bonchev–Trinajstić information content (AvgIpc) is 2.76. The van der Waals surface area contributed by atoms with E-state index in [1.54, 1.807) is 0 Å². The van der Waals surface area contributed by atoms with Gasteiger partial charge in [0.05, 0.1) is 10.9 Å². The molecule has 1 N–H and O–H groups in total. The van der Waals surface area contributed by atoms with Crippen LogP contribution >= 0.6 is 15.9 Å². The highest BCUT2D eigenvalue weighted by Crippen LogP contribution is 2.29. The summed E-state index contributed by atoms with van der Waals surface area (Å²) in [5.41, 5.74) is 0.387. The minimum Gasteiger partial charge on any atom is -0.282 e. The highest BCUT2D eigenvalue weighted by atomic mass is 79.9. The lowest BCUT2D eigenvalue weighted by Gasteiger charge is -2.14. The van der Waals surface area contributed by atoms with Gasteiger partial charge in [0.2, 0.25) is 10.0 Å². The van der Waals surface area contributed by atoms with Crippen LogP contribution < -0.4 is 4.72 Å². The van der Waals surface area contributed by atoms with E-state index in [0.29, 0.717) is 23.0 Å². The Morgan fingerprint density at radius 3 is 2.53 bits per heavy atom. The Hall–Kier alpha value is -0.620. The van der Waals surface area contributed by atoms with E-state index in [-0.39, 0.29) is 5.25 Å². The Kier molecular flexibility index (Phi) is 3.73. The summed E-state index contributed by atoms with van der Waals surface area (Å²) >= 11 is 3.14. The van der Waals surface area contributed by atoms with Crippen LogP contribution in [-0.2, 0) is 10.0 Å². The van der Waals surface area contributed by atoms with Gasteiger partial charge in [-0.2, -0.15) is 0 Å². The van der Waals surface area contributed by atoms with Crippen molar-refractivity contribution in [2.24, 2.45) is 0 Å². The van der Waals surface area contributed by atoms with E-state index >= 15 is 0 Å². The molecule has 3 nitrogen and oxygen atoms in total. The van der Waals surface area contributed by atoms with Gasteiger partial charge in [0, 0.05) is 4.47 Å². The minimum absolute atomic E-state index is 0.320. The molecule has 0 heterocycles. The molecule has 1 aliphatic carbocycles. The summed E-state index contributed by atoms with van der Waals surface area (Å²) in [6.07, 6.45) is 3.31. The van der Waals surface area contributed by atoms with Gasteiger partial charge in [-0.05, 0) is 47.0 Å². The first-order valence-corrected chi connectivity index (χ1v) is 7.79. The fourth-order valence-electron chi connectivity index (χ4n) is 2.01. The van der Waals surface area contributed by atoms with E-state index in [2.05, 4.69) is 20.7 Å². The van der Waals surface area contributed by atoms with Gasteiger partial charge >= 0.3 is 0 Å². The van der Waals surface area contributed by atoms with E-state index in [1.165, 1.54) is 18.2 Å². The minimum atomic E-state index is -3.35. The van der Waals surface area contributed by atoms with E-state index in [4.69, 9.17) is 0 Å². The molecule has 0 saturated heterocycles. The summed E-state index contributed by atoms with van der Waals surface area (Å²) in [6.45, 7) is 0. The number of sulfonamides is 1. The Labute approximate surface area is 109 Å². The molecule has 1 fully saturated rings. The lowest BCUT2D eigenvalue weighted by Crippen LogP contribution is -2.25. The number of hydrogen-bond acceptors (Lipinski definition) is 2. The molecule has 94 valence electrons. The standard InChI is InChI=1S/C11H13BrFNO2S/c12-10-7-8(13)5-6-11(10)14-17(15,16)9-3-1-2-4-9/h5-7,9,14H,1-4H2. The maximum Gasteiger partial charge on any atom is 0.235 e. The number of anilines is 1. The second kappa shape index (κ2) is 4.94. The number of benzene rings is 1. The van der Waals surface area contributed by atoms with Gasteiger partial charge in [0.25, 0.3) is 0 Å². The SMILES string of the molecule is O=S(=O)(Nc1ccc(F)cc1Br)C1CCCC1. The fraction of sp³-hybridized carbons (Fsp3) is 0.455. The van der Waals surface area contributed by atoms with Crippen LogP contribution in [0, 0.1) is 5.82 Å². The third-order valence-corrected chi connectivity index (χ3v) is 5.43. The summed E-state index contributed by atoms with van der Waals surface area (Å²) in [4.78, 5) is 0. The second-order valence-electron chi connectivity index (χ2n) is 4.18. The van der Waals surface area contributed by atoms with E-state index in [0.717, 1.165) is 12.8 Å². The van der Waals surface area contributed by atoms with Crippen molar-refractivity contribution in [1.29, 1.82) is 0 Å². The first kappa shape index (κ1) is 12.8. The molecule has 1 aliphatic rings. The van der Waals surface area contributed by atoms with Gasteiger partial charge in [-0.1, -0.05) is 12.8 Å². The van der Waals surface area contributed by atoms with Crippen LogP contribution in [0.4, 0.5) is 10.1 Å². The quantitative estimate of drug-likeness (QED) is 0.928. The molecular formula is C11H13BrFNO2S. The lowest BCUT2D eigenvalue weighted by atomic mass is 10.3. The Morgan fingerprint density at radius 2 is 1.94 bits per heavy atom. The first-order chi connectivity index (χ1) is 7.99. The molecule has 2 rings (SSSR count). The van der Waals surface area contributed by atoms with Crippen molar-refractivity contribution >= 4 is 31.6 Å². The van der Waals surface area contributed by atoms with Crippen molar-refractivity contribution in [2.45, 2.75) is 30.9 Å². The molecule has 0 aromatic heterocycles. The second-order valence-corrected chi connectivity index (χ2v) is 6.99. The predicted octanol–water partition coefficient (Wildman–Crippen LogP) is 3.27. The largest absolute Gasteiger partial charge is 0.282 e. The van der Waals surface area contributed by atoms with Crippen molar-refractivity contribution in [3.63, 3.8) is 0 Å². The maximum absolute atomic E-state index is 12.9. The Balaban J connectivity index is 2.19. The number of rotatable bonds is 3. The van der Waals surface area contributed by atoms with Gasteiger partial charge in [-0.15, -0.1) is 0 Å². The molecule has 0 amide bonds. The molecule has 0 unspecified atom stereocenters. The molecule has 1 saturated carbocycles. The molecule has 0 bridgehead atoms. The monoisotopic (exact) mass is 321 g/mol. The van der Waals surface area contributed by atoms with E-state index in [9.17, 15) is 12.8 Å². The zero-order valence-electron chi connectivity index (χ0n) is 9.12. The zero-order valence-corrected chi connectivity index (χ0v) is 11.5. The molecule has 1 aromatic carbocycles. The van der Waals surface area contributed by atoms with E-state index in [1.807, 2.05) is 0 Å². The lowest BCUT2D eigenvalue weighted by molar-refractivity contribution is 0.585. The molecule has 0 atom stereocenters. The highest BCUT2D eigenvalue weighted by Gasteiger charge is 2.28. The summed E-state index contributed by atoms with van der Waals surface area (Å²) < 4.78 is 39.8. The van der Waals surface area contributed by atoms with Gasteiger partial charge in [0.1, 0.15) is 5.82 Å². The topological polar surface area (TPSA) is 46.2 Å². The summed E-state index contributed by atoms with van der Waals surface area (Å²) in [5.74, 6) is -0.402. The first-order valence-electron chi connectivity index (χ1n) is 5.46. The summed E-state index contributed by atoms with van der Waals surface area (Å²) in [5, 5.41) is -0.320. The van der Waals surface area contributed by atoms with Crippen molar-refractivity contribution in [2.75, 3.05) is 4.72 Å². The third-order valence-electron chi connectivity index (χ3n) is 2.92. The van der Waals surface area contributed by atoms with Crippen molar-refractivity contribution in [3.05, 3.63) is 28.5 Å². The van der Waals surface area contributed by atoms with Crippen LogP contribution in [0.5, 0.6) is 0 Å². The van der Waals surface area contributed by atoms with Gasteiger partial charge in [-0.3, -0.25) is 4.72 Å². The molecule has 1 aromatic rings. The molecule has 0 aliphatic heterocycles. The Morgan fingerprint density at radius 1 is 1.29 bits per heavy atom. The molecule has 6 heteroatoms. The van der Waals surface area contributed by atoms with Crippen molar-refractivity contribution in [3.8, 4) is 0 Å². The smallest absolute Gasteiger partial charge is 0.235 e.